The summed E-state index contributed by atoms with van der Waals surface area (Å²) in [4.78, 5) is 14.7. The van der Waals surface area contributed by atoms with E-state index in [0.29, 0.717) is 6.54 Å². The number of ether oxygens (including phenoxy) is 3. The molecule has 2 aliphatic heterocycles. The maximum Gasteiger partial charge on any atom is 0.242 e. The highest BCUT2D eigenvalue weighted by molar-refractivity contribution is 5.84. The summed E-state index contributed by atoms with van der Waals surface area (Å²) < 4.78 is 16.1. The van der Waals surface area contributed by atoms with Crippen LogP contribution in [0.15, 0.2) is 42.5 Å². The number of morpholine rings is 1. The summed E-state index contributed by atoms with van der Waals surface area (Å²) in [6, 6.07) is 13.5. The summed E-state index contributed by atoms with van der Waals surface area (Å²) in [7, 11) is 0. The van der Waals surface area contributed by atoms with Gasteiger partial charge in [-0.2, -0.15) is 0 Å². The van der Waals surface area contributed by atoms with Crippen LogP contribution in [-0.2, 0) is 16.1 Å². The Hall–Kier alpha value is -2.93. The first-order valence-electron chi connectivity index (χ1n) is 9.54. The second-order valence-corrected chi connectivity index (χ2v) is 6.92. The van der Waals surface area contributed by atoms with Gasteiger partial charge in [0, 0.05) is 31.0 Å². The fourth-order valence-corrected chi connectivity index (χ4v) is 3.30. The summed E-state index contributed by atoms with van der Waals surface area (Å²) in [5.74, 6) is 1.40. The molecule has 1 unspecified atom stereocenters. The third-order valence-electron chi connectivity index (χ3n) is 4.92. The molecule has 2 aromatic carbocycles. The lowest BCUT2D eigenvalue weighted by Crippen LogP contribution is -2.37. The van der Waals surface area contributed by atoms with Crippen LogP contribution in [-0.4, -0.2) is 45.0 Å². The second-order valence-electron chi connectivity index (χ2n) is 6.92. The van der Waals surface area contributed by atoms with Crippen LogP contribution in [0.1, 0.15) is 12.5 Å². The van der Waals surface area contributed by atoms with Gasteiger partial charge in [-0.3, -0.25) is 4.79 Å². The van der Waals surface area contributed by atoms with E-state index < -0.39 is 0 Å². The summed E-state index contributed by atoms with van der Waals surface area (Å²) in [5.41, 5.74) is 3.07. The number of carbonyl (C=O) groups is 1. The number of fused-ring (bicyclic) bond motifs is 1. The maximum atomic E-state index is 12.4. The Morgan fingerprint density at radius 2 is 1.82 bits per heavy atom. The van der Waals surface area contributed by atoms with E-state index in [1.807, 2.05) is 37.3 Å². The molecule has 7 heteroatoms. The maximum absolute atomic E-state index is 12.4. The number of nitrogens with zero attached hydrogens (tertiary/aromatic N) is 1. The van der Waals surface area contributed by atoms with Gasteiger partial charge in [0.25, 0.3) is 0 Å². The van der Waals surface area contributed by atoms with E-state index in [1.54, 1.807) is 0 Å². The van der Waals surface area contributed by atoms with Crippen molar-refractivity contribution in [1.82, 2.24) is 5.32 Å². The fraction of sp³-hybridized carbons (Fsp3) is 0.381. The fourth-order valence-electron chi connectivity index (χ4n) is 3.30. The minimum atomic E-state index is -0.344. The first-order chi connectivity index (χ1) is 13.7. The Balaban J connectivity index is 1.28. The third-order valence-corrected chi connectivity index (χ3v) is 4.92. The standard InChI is InChI=1S/C21H25N3O4/c1-15(21(25)22-13-16-2-7-19-20(12-16)28-14-27-19)23-17-3-5-18(6-4-17)24-8-10-26-11-9-24/h2-7,12,15,23H,8-11,13-14H2,1H3,(H,22,25). The minimum absolute atomic E-state index is 0.0603. The quantitative estimate of drug-likeness (QED) is 0.798. The van der Waals surface area contributed by atoms with Crippen LogP contribution in [0.4, 0.5) is 11.4 Å². The lowest BCUT2D eigenvalue weighted by Gasteiger charge is -2.29. The number of benzene rings is 2. The normalized spacial score (nSPS) is 16.5. The van der Waals surface area contributed by atoms with E-state index >= 15 is 0 Å². The summed E-state index contributed by atoms with van der Waals surface area (Å²) in [5, 5.41) is 6.20. The Labute approximate surface area is 164 Å². The molecule has 1 atom stereocenters. The highest BCUT2D eigenvalue weighted by Crippen LogP contribution is 2.32. The molecule has 2 aromatic rings. The molecule has 4 rings (SSSR count). The molecule has 0 aromatic heterocycles. The highest BCUT2D eigenvalue weighted by atomic mass is 16.7. The van der Waals surface area contributed by atoms with Gasteiger partial charge in [0.05, 0.1) is 13.2 Å². The molecular weight excluding hydrogens is 358 g/mol. The van der Waals surface area contributed by atoms with Crippen molar-refractivity contribution in [2.45, 2.75) is 19.5 Å². The molecule has 0 radical (unpaired) electrons. The number of carbonyl (C=O) groups excluding carboxylic acids is 1. The predicted molar refractivity (Wildman–Crippen MR) is 107 cm³/mol. The van der Waals surface area contributed by atoms with Crippen LogP contribution < -0.4 is 25.0 Å². The predicted octanol–water partition coefficient (Wildman–Crippen LogP) is 2.37. The van der Waals surface area contributed by atoms with Gasteiger partial charge < -0.3 is 29.7 Å². The molecule has 1 amide bonds. The Morgan fingerprint density at radius 1 is 1.07 bits per heavy atom. The van der Waals surface area contributed by atoms with E-state index in [4.69, 9.17) is 14.2 Å². The molecule has 0 aliphatic carbocycles. The molecular formula is C21H25N3O4. The molecule has 148 valence electrons. The molecule has 0 spiro atoms. The zero-order valence-electron chi connectivity index (χ0n) is 15.9. The highest BCUT2D eigenvalue weighted by Gasteiger charge is 2.16. The van der Waals surface area contributed by atoms with Crippen LogP contribution in [0.2, 0.25) is 0 Å². The van der Waals surface area contributed by atoms with Crippen LogP contribution >= 0.6 is 0 Å². The van der Waals surface area contributed by atoms with Crippen molar-refractivity contribution in [2.75, 3.05) is 43.3 Å². The molecule has 7 nitrogen and oxygen atoms in total. The number of nitrogens with one attached hydrogen (secondary N) is 2. The zero-order valence-corrected chi connectivity index (χ0v) is 15.9. The van der Waals surface area contributed by atoms with Crippen LogP contribution in [0, 0.1) is 0 Å². The lowest BCUT2D eigenvalue weighted by atomic mass is 10.2. The van der Waals surface area contributed by atoms with Gasteiger partial charge in [-0.25, -0.2) is 0 Å². The van der Waals surface area contributed by atoms with E-state index in [1.165, 1.54) is 5.69 Å². The minimum Gasteiger partial charge on any atom is -0.454 e. The van der Waals surface area contributed by atoms with Crippen molar-refractivity contribution in [1.29, 1.82) is 0 Å². The Kier molecular flexibility index (Phi) is 5.53. The van der Waals surface area contributed by atoms with E-state index in [-0.39, 0.29) is 18.7 Å². The molecule has 1 saturated heterocycles. The summed E-state index contributed by atoms with van der Waals surface area (Å²) >= 11 is 0. The Morgan fingerprint density at radius 3 is 2.61 bits per heavy atom. The van der Waals surface area contributed by atoms with Crippen LogP contribution in [0.5, 0.6) is 11.5 Å². The van der Waals surface area contributed by atoms with Gasteiger partial charge in [-0.05, 0) is 48.9 Å². The molecule has 1 fully saturated rings. The van der Waals surface area contributed by atoms with Crippen molar-refractivity contribution in [3.63, 3.8) is 0 Å². The first kappa shape index (κ1) is 18.4. The van der Waals surface area contributed by atoms with Gasteiger partial charge >= 0.3 is 0 Å². The van der Waals surface area contributed by atoms with Crippen molar-refractivity contribution in [3.05, 3.63) is 48.0 Å². The molecule has 2 heterocycles. The summed E-state index contributed by atoms with van der Waals surface area (Å²) in [6.07, 6.45) is 0. The third kappa shape index (κ3) is 4.31. The molecule has 2 N–H and O–H groups in total. The Bertz CT molecular complexity index is 819. The SMILES string of the molecule is CC(Nc1ccc(N2CCOCC2)cc1)C(=O)NCc1ccc2c(c1)OCO2. The first-order valence-corrected chi connectivity index (χ1v) is 9.54. The van der Waals surface area contributed by atoms with Gasteiger partial charge in [0.15, 0.2) is 11.5 Å². The van der Waals surface area contributed by atoms with Gasteiger partial charge in [-0.15, -0.1) is 0 Å². The largest absolute Gasteiger partial charge is 0.454 e. The average molecular weight is 383 g/mol. The van der Waals surface area contributed by atoms with Crippen molar-refractivity contribution >= 4 is 17.3 Å². The topological polar surface area (TPSA) is 72.1 Å². The molecule has 0 bridgehead atoms. The average Bonchev–Trinajstić information content (AvgIpc) is 3.21. The second kappa shape index (κ2) is 8.39. The number of hydrogen-bond acceptors (Lipinski definition) is 6. The van der Waals surface area contributed by atoms with Crippen LogP contribution in [0.3, 0.4) is 0 Å². The van der Waals surface area contributed by atoms with Crippen molar-refractivity contribution < 1.29 is 19.0 Å². The van der Waals surface area contributed by atoms with Crippen molar-refractivity contribution in [3.8, 4) is 11.5 Å². The smallest absolute Gasteiger partial charge is 0.242 e. The zero-order chi connectivity index (χ0) is 19.3. The molecule has 28 heavy (non-hydrogen) atoms. The van der Waals surface area contributed by atoms with Gasteiger partial charge in [0.2, 0.25) is 12.7 Å². The van der Waals surface area contributed by atoms with E-state index in [2.05, 4.69) is 27.7 Å². The van der Waals surface area contributed by atoms with Crippen LogP contribution in [0.25, 0.3) is 0 Å². The van der Waals surface area contributed by atoms with Crippen molar-refractivity contribution in [2.24, 2.45) is 0 Å². The number of anilines is 2. The monoisotopic (exact) mass is 383 g/mol. The van der Waals surface area contributed by atoms with E-state index in [0.717, 1.165) is 49.1 Å². The lowest BCUT2D eigenvalue weighted by molar-refractivity contribution is -0.121. The number of hydrogen-bond donors (Lipinski definition) is 2. The van der Waals surface area contributed by atoms with Gasteiger partial charge in [-0.1, -0.05) is 6.07 Å². The molecule has 0 saturated carbocycles. The number of amides is 1. The molecule has 2 aliphatic rings. The summed E-state index contributed by atoms with van der Waals surface area (Å²) in [6.45, 7) is 5.89. The van der Waals surface area contributed by atoms with Gasteiger partial charge in [0.1, 0.15) is 6.04 Å². The van der Waals surface area contributed by atoms with E-state index in [9.17, 15) is 4.79 Å². The number of rotatable bonds is 6.